The zero-order valence-electron chi connectivity index (χ0n) is 8.05. The number of halogens is 1. The van der Waals surface area contributed by atoms with Crippen LogP contribution in [-0.2, 0) is 4.79 Å². The number of hydrogen-bond donors (Lipinski definition) is 1. The average Bonchev–Trinajstić information content (AvgIpc) is 2.14. The maximum absolute atomic E-state index is 12.9. The highest BCUT2D eigenvalue weighted by Crippen LogP contribution is 2.52. The Kier molecular flexibility index (Phi) is 1.83. The van der Waals surface area contributed by atoms with Crippen LogP contribution in [0, 0.1) is 5.82 Å². The molecule has 1 aromatic rings. The molecule has 1 aliphatic heterocycles. The fourth-order valence-electron chi connectivity index (χ4n) is 2.01. The molecule has 4 heteroatoms. The predicted molar refractivity (Wildman–Crippen MR) is 57.5 cm³/mol. The van der Waals surface area contributed by atoms with Crippen molar-refractivity contribution in [3.8, 4) is 0 Å². The van der Waals surface area contributed by atoms with Crippen LogP contribution in [0.5, 0.6) is 0 Å². The lowest BCUT2D eigenvalue weighted by Gasteiger charge is -2.42. The van der Waals surface area contributed by atoms with Crippen LogP contribution in [0.1, 0.15) is 19.3 Å². The molecule has 0 saturated heterocycles. The number of thioether (sulfide) groups is 1. The third-order valence-electron chi connectivity index (χ3n) is 3.07. The Balaban J connectivity index is 2.02. The quantitative estimate of drug-likeness (QED) is 0.732. The molecule has 1 N–H and O–H groups in total. The summed E-state index contributed by atoms with van der Waals surface area (Å²) in [6, 6.07) is 4.57. The first-order valence-electron chi connectivity index (χ1n) is 5.00. The number of anilines is 1. The van der Waals surface area contributed by atoms with E-state index >= 15 is 0 Å². The van der Waals surface area contributed by atoms with Crippen molar-refractivity contribution in [3.63, 3.8) is 0 Å². The largest absolute Gasteiger partial charge is 0.324 e. The van der Waals surface area contributed by atoms with Gasteiger partial charge in [0, 0.05) is 4.90 Å². The van der Waals surface area contributed by atoms with Crippen molar-refractivity contribution in [2.24, 2.45) is 0 Å². The molecule has 1 fully saturated rings. The molecule has 0 bridgehead atoms. The summed E-state index contributed by atoms with van der Waals surface area (Å²) in [4.78, 5) is 12.8. The van der Waals surface area contributed by atoms with Gasteiger partial charge in [0.05, 0.1) is 10.4 Å². The Bertz CT molecular complexity index is 442. The van der Waals surface area contributed by atoms with Gasteiger partial charge in [0.15, 0.2) is 0 Å². The number of rotatable bonds is 0. The van der Waals surface area contributed by atoms with Gasteiger partial charge in [-0.3, -0.25) is 4.79 Å². The van der Waals surface area contributed by atoms with E-state index in [0.717, 1.165) is 24.2 Å². The number of fused-ring (bicyclic) bond motifs is 1. The summed E-state index contributed by atoms with van der Waals surface area (Å²) in [5.41, 5.74) is 0.613. The lowest BCUT2D eigenvalue weighted by Crippen LogP contribution is -2.47. The molecule has 0 aromatic heterocycles. The minimum Gasteiger partial charge on any atom is -0.324 e. The SMILES string of the molecule is O=C1Nc2cc(F)ccc2SC12CCC2. The summed E-state index contributed by atoms with van der Waals surface area (Å²) < 4.78 is 12.7. The van der Waals surface area contributed by atoms with Gasteiger partial charge in [-0.2, -0.15) is 0 Å². The lowest BCUT2D eigenvalue weighted by molar-refractivity contribution is -0.120. The van der Waals surface area contributed by atoms with Crippen LogP contribution >= 0.6 is 11.8 Å². The standard InChI is InChI=1S/C11H10FNOS/c12-7-2-3-9-8(6-7)13-10(14)11(15-9)4-1-5-11/h2-3,6H,1,4-5H2,(H,13,14). The second-order valence-electron chi connectivity index (χ2n) is 4.04. The Morgan fingerprint density at radius 3 is 2.87 bits per heavy atom. The minimum atomic E-state index is -0.306. The highest BCUT2D eigenvalue weighted by Gasteiger charge is 2.47. The van der Waals surface area contributed by atoms with Crippen LogP contribution in [-0.4, -0.2) is 10.7 Å². The second kappa shape index (κ2) is 2.98. The van der Waals surface area contributed by atoms with Crippen LogP contribution in [0.4, 0.5) is 10.1 Å². The van der Waals surface area contributed by atoms with E-state index in [4.69, 9.17) is 0 Å². The van der Waals surface area contributed by atoms with E-state index in [2.05, 4.69) is 5.32 Å². The van der Waals surface area contributed by atoms with E-state index in [-0.39, 0.29) is 16.5 Å². The van der Waals surface area contributed by atoms with Gasteiger partial charge in [0.1, 0.15) is 5.82 Å². The van der Waals surface area contributed by atoms with E-state index in [0.29, 0.717) is 5.69 Å². The summed E-state index contributed by atoms with van der Waals surface area (Å²) in [6.07, 6.45) is 2.97. The number of benzene rings is 1. The summed E-state index contributed by atoms with van der Waals surface area (Å²) in [5.74, 6) is -0.268. The highest BCUT2D eigenvalue weighted by atomic mass is 32.2. The van der Waals surface area contributed by atoms with Gasteiger partial charge in [-0.25, -0.2) is 4.39 Å². The minimum absolute atomic E-state index is 0.0388. The number of amides is 1. The fraction of sp³-hybridized carbons (Fsp3) is 0.364. The van der Waals surface area contributed by atoms with E-state index in [1.54, 1.807) is 17.8 Å². The first-order valence-corrected chi connectivity index (χ1v) is 5.81. The monoisotopic (exact) mass is 223 g/mol. The molecule has 1 heterocycles. The zero-order valence-corrected chi connectivity index (χ0v) is 8.86. The molecule has 2 aliphatic rings. The summed E-state index contributed by atoms with van der Waals surface area (Å²) in [7, 11) is 0. The van der Waals surface area contributed by atoms with E-state index in [9.17, 15) is 9.18 Å². The van der Waals surface area contributed by atoms with Crippen molar-refractivity contribution >= 4 is 23.4 Å². The van der Waals surface area contributed by atoms with Crippen LogP contribution in [0.15, 0.2) is 23.1 Å². The molecule has 0 radical (unpaired) electrons. The molecule has 1 saturated carbocycles. The number of carbonyl (C=O) groups is 1. The van der Waals surface area contributed by atoms with Gasteiger partial charge in [0.2, 0.25) is 5.91 Å². The second-order valence-corrected chi connectivity index (χ2v) is 5.47. The molecule has 0 unspecified atom stereocenters. The first kappa shape index (κ1) is 9.21. The summed E-state index contributed by atoms with van der Waals surface area (Å²) >= 11 is 1.58. The molecule has 1 spiro atoms. The molecular weight excluding hydrogens is 213 g/mol. The Morgan fingerprint density at radius 1 is 1.40 bits per heavy atom. The Hall–Kier alpha value is -1.03. The number of hydrogen-bond acceptors (Lipinski definition) is 2. The molecule has 3 rings (SSSR count). The third kappa shape index (κ3) is 1.28. The molecule has 78 valence electrons. The summed E-state index contributed by atoms with van der Waals surface area (Å²) in [6.45, 7) is 0. The molecule has 1 amide bonds. The van der Waals surface area contributed by atoms with E-state index in [1.807, 2.05) is 0 Å². The van der Waals surface area contributed by atoms with Gasteiger partial charge in [-0.15, -0.1) is 11.8 Å². The molecule has 15 heavy (non-hydrogen) atoms. The lowest BCUT2D eigenvalue weighted by atomic mass is 9.83. The highest BCUT2D eigenvalue weighted by molar-refractivity contribution is 8.01. The van der Waals surface area contributed by atoms with Crippen molar-refractivity contribution < 1.29 is 9.18 Å². The van der Waals surface area contributed by atoms with Gasteiger partial charge in [-0.05, 0) is 37.5 Å². The van der Waals surface area contributed by atoms with Crippen LogP contribution in [0.3, 0.4) is 0 Å². The predicted octanol–water partition coefficient (Wildman–Crippen LogP) is 2.79. The van der Waals surface area contributed by atoms with Crippen LogP contribution in [0.2, 0.25) is 0 Å². The van der Waals surface area contributed by atoms with Crippen LogP contribution < -0.4 is 5.32 Å². The Labute approximate surface area is 91.2 Å². The fourth-order valence-corrected chi connectivity index (χ4v) is 3.42. The van der Waals surface area contributed by atoms with Gasteiger partial charge in [-0.1, -0.05) is 0 Å². The van der Waals surface area contributed by atoms with Crippen LogP contribution in [0.25, 0.3) is 0 Å². The van der Waals surface area contributed by atoms with Crippen molar-refractivity contribution in [1.29, 1.82) is 0 Å². The normalized spacial score (nSPS) is 21.8. The van der Waals surface area contributed by atoms with E-state index < -0.39 is 0 Å². The molecule has 1 aliphatic carbocycles. The van der Waals surface area contributed by atoms with Crippen molar-refractivity contribution in [2.45, 2.75) is 28.9 Å². The molecule has 0 atom stereocenters. The van der Waals surface area contributed by atoms with Gasteiger partial charge >= 0.3 is 0 Å². The summed E-state index contributed by atoms with van der Waals surface area (Å²) in [5, 5.41) is 2.79. The molecular formula is C11H10FNOS. The van der Waals surface area contributed by atoms with Crippen molar-refractivity contribution in [1.82, 2.24) is 0 Å². The van der Waals surface area contributed by atoms with Gasteiger partial charge < -0.3 is 5.32 Å². The molecule has 2 nitrogen and oxygen atoms in total. The maximum atomic E-state index is 12.9. The average molecular weight is 223 g/mol. The zero-order chi connectivity index (χ0) is 10.5. The third-order valence-corrected chi connectivity index (χ3v) is 4.63. The number of nitrogens with one attached hydrogen (secondary N) is 1. The molecule has 1 aromatic carbocycles. The smallest absolute Gasteiger partial charge is 0.241 e. The Morgan fingerprint density at radius 2 is 2.20 bits per heavy atom. The van der Waals surface area contributed by atoms with E-state index in [1.165, 1.54) is 12.1 Å². The van der Waals surface area contributed by atoms with Crippen molar-refractivity contribution in [2.75, 3.05) is 5.32 Å². The van der Waals surface area contributed by atoms with Crippen molar-refractivity contribution in [3.05, 3.63) is 24.0 Å². The number of carbonyl (C=O) groups excluding carboxylic acids is 1. The maximum Gasteiger partial charge on any atom is 0.241 e. The van der Waals surface area contributed by atoms with Gasteiger partial charge in [0.25, 0.3) is 0 Å². The first-order chi connectivity index (χ1) is 7.20. The topological polar surface area (TPSA) is 29.1 Å².